The van der Waals surface area contributed by atoms with Gasteiger partial charge in [-0.05, 0) is 0 Å². The Morgan fingerprint density at radius 3 is 2.71 bits per heavy atom. The standard InChI is InChI=1S/C10H18NO3/c1-8(9-5-11(2)14-6-9)10-7-12-3-4-13-10/h9-10H,3-7H2,1-2H3. The summed E-state index contributed by atoms with van der Waals surface area (Å²) < 4.78 is 11.0. The van der Waals surface area contributed by atoms with Crippen LogP contribution in [0.25, 0.3) is 0 Å². The van der Waals surface area contributed by atoms with Crippen molar-refractivity contribution in [2.75, 3.05) is 40.0 Å². The van der Waals surface area contributed by atoms with Crippen LogP contribution in [-0.4, -0.2) is 51.2 Å². The molecule has 2 atom stereocenters. The lowest BCUT2D eigenvalue weighted by atomic mass is 9.90. The molecule has 1 radical (unpaired) electrons. The van der Waals surface area contributed by atoms with Crippen LogP contribution in [-0.2, 0) is 14.3 Å². The Labute approximate surface area is 85.1 Å². The molecule has 4 nitrogen and oxygen atoms in total. The fraction of sp³-hybridized carbons (Fsp3) is 0.900. The van der Waals surface area contributed by atoms with Gasteiger partial charge in [-0.3, -0.25) is 4.84 Å². The predicted octanol–water partition coefficient (Wildman–Crippen LogP) is 0.489. The zero-order valence-corrected chi connectivity index (χ0v) is 8.86. The van der Waals surface area contributed by atoms with Crippen molar-refractivity contribution in [3.63, 3.8) is 0 Å². The molecule has 2 rings (SSSR count). The van der Waals surface area contributed by atoms with E-state index >= 15 is 0 Å². The zero-order chi connectivity index (χ0) is 9.97. The average Bonchev–Trinajstić information content (AvgIpc) is 2.65. The molecule has 0 aromatic carbocycles. The van der Waals surface area contributed by atoms with Gasteiger partial charge in [0.2, 0.25) is 0 Å². The van der Waals surface area contributed by atoms with Crippen molar-refractivity contribution in [2.45, 2.75) is 13.0 Å². The van der Waals surface area contributed by atoms with E-state index in [1.165, 1.54) is 5.92 Å². The molecule has 14 heavy (non-hydrogen) atoms. The monoisotopic (exact) mass is 200 g/mol. The Balaban J connectivity index is 1.84. The fourth-order valence-electron chi connectivity index (χ4n) is 1.92. The molecular formula is C10H18NO3. The summed E-state index contributed by atoms with van der Waals surface area (Å²) in [6.45, 7) is 6.03. The maximum atomic E-state index is 5.65. The van der Waals surface area contributed by atoms with Crippen LogP contribution in [0.3, 0.4) is 0 Å². The van der Waals surface area contributed by atoms with Crippen LogP contribution in [0.2, 0.25) is 0 Å². The van der Waals surface area contributed by atoms with Crippen molar-refractivity contribution in [1.82, 2.24) is 5.06 Å². The van der Waals surface area contributed by atoms with E-state index < -0.39 is 0 Å². The molecule has 0 bridgehead atoms. The van der Waals surface area contributed by atoms with Crippen LogP contribution in [0, 0.1) is 11.8 Å². The molecule has 81 valence electrons. The van der Waals surface area contributed by atoms with Crippen molar-refractivity contribution in [3.8, 4) is 0 Å². The highest BCUT2D eigenvalue weighted by Crippen LogP contribution is 2.27. The molecule has 2 aliphatic heterocycles. The van der Waals surface area contributed by atoms with Gasteiger partial charge in [-0.15, -0.1) is 0 Å². The number of hydrogen-bond donors (Lipinski definition) is 0. The number of hydrogen-bond acceptors (Lipinski definition) is 4. The van der Waals surface area contributed by atoms with E-state index in [0.717, 1.165) is 19.8 Å². The second-order valence-corrected chi connectivity index (χ2v) is 3.98. The molecule has 4 heteroatoms. The summed E-state index contributed by atoms with van der Waals surface area (Å²) in [4.78, 5) is 5.39. The van der Waals surface area contributed by atoms with Crippen LogP contribution in [0.5, 0.6) is 0 Å². The van der Waals surface area contributed by atoms with Gasteiger partial charge in [0.05, 0.1) is 32.5 Å². The third kappa shape index (κ3) is 2.25. The quantitative estimate of drug-likeness (QED) is 0.649. The normalized spacial score (nSPS) is 35.4. The van der Waals surface area contributed by atoms with E-state index in [-0.39, 0.29) is 6.10 Å². The third-order valence-corrected chi connectivity index (χ3v) is 2.94. The number of hydroxylamine groups is 2. The lowest BCUT2D eigenvalue weighted by Crippen LogP contribution is -2.37. The van der Waals surface area contributed by atoms with Crippen molar-refractivity contribution in [3.05, 3.63) is 5.92 Å². The first-order valence-corrected chi connectivity index (χ1v) is 5.14. The van der Waals surface area contributed by atoms with Crippen LogP contribution in [0.1, 0.15) is 6.92 Å². The Hall–Kier alpha value is -0.160. The topological polar surface area (TPSA) is 30.9 Å². The van der Waals surface area contributed by atoms with E-state index in [4.69, 9.17) is 14.3 Å². The molecule has 2 saturated heterocycles. The van der Waals surface area contributed by atoms with Crippen LogP contribution in [0.15, 0.2) is 0 Å². The molecule has 2 unspecified atom stereocenters. The fourth-order valence-corrected chi connectivity index (χ4v) is 1.92. The molecule has 0 saturated carbocycles. The van der Waals surface area contributed by atoms with Crippen LogP contribution >= 0.6 is 0 Å². The van der Waals surface area contributed by atoms with E-state index in [2.05, 4.69) is 6.92 Å². The van der Waals surface area contributed by atoms with Crippen molar-refractivity contribution >= 4 is 0 Å². The summed E-state index contributed by atoms with van der Waals surface area (Å²) >= 11 is 0. The Morgan fingerprint density at radius 1 is 1.29 bits per heavy atom. The summed E-state index contributed by atoms with van der Waals surface area (Å²) in [5, 5.41) is 1.89. The maximum absolute atomic E-state index is 5.65. The van der Waals surface area contributed by atoms with Gasteiger partial charge >= 0.3 is 0 Å². The van der Waals surface area contributed by atoms with Gasteiger partial charge in [0.15, 0.2) is 0 Å². The predicted molar refractivity (Wildman–Crippen MR) is 51.5 cm³/mol. The maximum Gasteiger partial charge on any atom is 0.0873 e. The first-order chi connectivity index (χ1) is 6.77. The molecule has 0 aliphatic carbocycles. The highest BCUT2D eigenvalue weighted by Gasteiger charge is 2.33. The zero-order valence-electron chi connectivity index (χ0n) is 8.86. The minimum Gasteiger partial charge on any atom is -0.376 e. The van der Waals surface area contributed by atoms with Crippen LogP contribution in [0.4, 0.5) is 0 Å². The molecule has 0 aromatic rings. The SMILES string of the molecule is C[C](C1CON(C)C1)C1COCCO1. The number of ether oxygens (including phenoxy) is 2. The van der Waals surface area contributed by atoms with Crippen LogP contribution < -0.4 is 0 Å². The summed E-state index contributed by atoms with van der Waals surface area (Å²) in [5.41, 5.74) is 0. The van der Waals surface area contributed by atoms with E-state index in [0.29, 0.717) is 19.1 Å². The molecule has 0 spiro atoms. The summed E-state index contributed by atoms with van der Waals surface area (Å²) in [6.07, 6.45) is 0.170. The van der Waals surface area contributed by atoms with Gasteiger partial charge in [0.1, 0.15) is 0 Å². The molecule has 0 amide bonds. The molecule has 0 N–H and O–H groups in total. The molecule has 0 aromatic heterocycles. The highest BCUT2D eigenvalue weighted by atomic mass is 16.7. The minimum atomic E-state index is 0.170. The van der Waals surface area contributed by atoms with E-state index in [1.807, 2.05) is 12.1 Å². The number of nitrogens with zero attached hydrogens (tertiary/aromatic N) is 1. The van der Waals surface area contributed by atoms with Crippen molar-refractivity contribution in [2.24, 2.45) is 5.92 Å². The second-order valence-electron chi connectivity index (χ2n) is 3.98. The Kier molecular flexibility index (Phi) is 3.38. The Bertz CT molecular complexity index is 177. The third-order valence-electron chi connectivity index (χ3n) is 2.94. The van der Waals surface area contributed by atoms with Gasteiger partial charge in [0.25, 0.3) is 0 Å². The van der Waals surface area contributed by atoms with Gasteiger partial charge in [-0.1, -0.05) is 6.92 Å². The highest BCUT2D eigenvalue weighted by molar-refractivity contribution is 5.02. The number of rotatable bonds is 2. The summed E-state index contributed by atoms with van der Waals surface area (Å²) in [5.74, 6) is 1.85. The lowest BCUT2D eigenvalue weighted by Gasteiger charge is -2.30. The molecule has 2 aliphatic rings. The minimum absolute atomic E-state index is 0.170. The average molecular weight is 200 g/mol. The lowest BCUT2D eigenvalue weighted by molar-refractivity contribution is -0.0902. The molecule has 2 heterocycles. The smallest absolute Gasteiger partial charge is 0.0873 e. The van der Waals surface area contributed by atoms with Crippen molar-refractivity contribution < 1.29 is 14.3 Å². The Morgan fingerprint density at radius 2 is 2.14 bits per heavy atom. The van der Waals surface area contributed by atoms with Gasteiger partial charge in [-0.2, -0.15) is 5.06 Å². The summed E-state index contributed by atoms with van der Waals surface area (Å²) in [7, 11) is 1.96. The van der Waals surface area contributed by atoms with Crippen molar-refractivity contribution in [1.29, 1.82) is 0 Å². The van der Waals surface area contributed by atoms with E-state index in [1.54, 1.807) is 0 Å². The van der Waals surface area contributed by atoms with E-state index in [9.17, 15) is 0 Å². The molecule has 2 fully saturated rings. The van der Waals surface area contributed by atoms with Gasteiger partial charge < -0.3 is 9.47 Å². The second kappa shape index (κ2) is 4.57. The first kappa shape index (κ1) is 10.4. The van der Waals surface area contributed by atoms with Gasteiger partial charge in [0, 0.05) is 25.4 Å². The first-order valence-electron chi connectivity index (χ1n) is 5.14. The molecular weight excluding hydrogens is 182 g/mol. The summed E-state index contributed by atoms with van der Waals surface area (Å²) in [6, 6.07) is 0. The van der Waals surface area contributed by atoms with Gasteiger partial charge in [-0.25, -0.2) is 0 Å². The largest absolute Gasteiger partial charge is 0.376 e.